The smallest absolute Gasteiger partial charge is 0.339 e. The number of hydrogen-bond acceptors (Lipinski definition) is 3. The van der Waals surface area contributed by atoms with E-state index in [0.29, 0.717) is 23.2 Å². The molecular weight excluding hydrogens is 232 g/mol. The highest BCUT2D eigenvalue weighted by molar-refractivity contribution is 5.91. The second-order valence-electron chi connectivity index (χ2n) is 5.30. The van der Waals surface area contributed by atoms with E-state index in [9.17, 15) is 9.90 Å². The third-order valence-corrected chi connectivity index (χ3v) is 3.97. The lowest BCUT2D eigenvalue weighted by Gasteiger charge is -2.20. The molecule has 2 fully saturated rings. The molecule has 0 bridgehead atoms. The summed E-state index contributed by atoms with van der Waals surface area (Å²) in [5.74, 6) is 1.41. The maximum Gasteiger partial charge on any atom is 0.339 e. The molecule has 1 aromatic heterocycles. The average Bonchev–Trinajstić information content (AvgIpc) is 3.14. The predicted octanol–water partition coefficient (Wildman–Crippen LogP) is 3.06. The minimum Gasteiger partial charge on any atom is -0.478 e. The Hall–Kier alpha value is -1.29. The molecule has 0 unspecified atom stereocenters. The fourth-order valence-electron chi connectivity index (χ4n) is 2.80. The third kappa shape index (κ3) is 1.94. The lowest BCUT2D eigenvalue weighted by atomic mass is 9.93. The minimum absolute atomic E-state index is 0.323. The lowest BCUT2D eigenvalue weighted by Crippen LogP contribution is -2.14. The van der Waals surface area contributed by atoms with Crippen LogP contribution >= 0.6 is 0 Å². The van der Waals surface area contributed by atoms with Crippen LogP contribution in [0.2, 0.25) is 0 Å². The number of ether oxygens (including phenoxy) is 1. The fourth-order valence-corrected chi connectivity index (χ4v) is 2.80. The van der Waals surface area contributed by atoms with Crippen LogP contribution in [0.1, 0.15) is 65.0 Å². The standard InChI is InChI=1S/C14H18O4/c1-8-11(14(15)16)13(9-2-3-9)18-12(8)10-4-6-17-7-5-10/h9-10H,2-7H2,1H3,(H,15,16). The molecule has 3 rings (SSSR count). The van der Waals surface area contributed by atoms with Gasteiger partial charge in [-0.05, 0) is 32.6 Å². The van der Waals surface area contributed by atoms with Gasteiger partial charge in [-0.3, -0.25) is 0 Å². The molecule has 0 amide bonds. The number of furan rings is 1. The van der Waals surface area contributed by atoms with Crippen LogP contribution in [0.25, 0.3) is 0 Å². The molecule has 1 N–H and O–H groups in total. The topological polar surface area (TPSA) is 59.7 Å². The van der Waals surface area contributed by atoms with Crippen molar-refractivity contribution in [1.29, 1.82) is 0 Å². The van der Waals surface area contributed by atoms with Gasteiger partial charge in [-0.25, -0.2) is 4.79 Å². The summed E-state index contributed by atoms with van der Waals surface area (Å²) >= 11 is 0. The van der Waals surface area contributed by atoms with Gasteiger partial charge in [0.1, 0.15) is 17.1 Å². The summed E-state index contributed by atoms with van der Waals surface area (Å²) in [6.45, 7) is 3.36. The molecule has 2 heterocycles. The van der Waals surface area contributed by atoms with Crippen molar-refractivity contribution >= 4 is 5.97 Å². The second-order valence-corrected chi connectivity index (χ2v) is 5.30. The molecule has 18 heavy (non-hydrogen) atoms. The van der Waals surface area contributed by atoms with E-state index in [1.54, 1.807) is 0 Å². The molecule has 98 valence electrons. The Balaban J connectivity index is 1.98. The Kier molecular flexibility index (Phi) is 2.90. The van der Waals surface area contributed by atoms with Crippen molar-refractivity contribution in [3.8, 4) is 0 Å². The first-order chi connectivity index (χ1) is 8.68. The zero-order chi connectivity index (χ0) is 12.7. The molecule has 1 saturated heterocycles. The molecule has 0 spiro atoms. The zero-order valence-electron chi connectivity index (χ0n) is 10.6. The van der Waals surface area contributed by atoms with Crippen molar-refractivity contribution in [3.05, 3.63) is 22.6 Å². The van der Waals surface area contributed by atoms with E-state index in [4.69, 9.17) is 9.15 Å². The highest BCUT2D eigenvalue weighted by Gasteiger charge is 2.36. The van der Waals surface area contributed by atoms with Crippen molar-refractivity contribution in [1.82, 2.24) is 0 Å². The molecule has 1 saturated carbocycles. The van der Waals surface area contributed by atoms with E-state index >= 15 is 0 Å². The molecule has 4 nitrogen and oxygen atoms in total. The van der Waals surface area contributed by atoms with Crippen LogP contribution < -0.4 is 0 Å². The van der Waals surface area contributed by atoms with Crippen LogP contribution in [0.4, 0.5) is 0 Å². The maximum absolute atomic E-state index is 11.4. The van der Waals surface area contributed by atoms with Gasteiger partial charge < -0.3 is 14.3 Å². The summed E-state index contributed by atoms with van der Waals surface area (Å²) in [6.07, 6.45) is 3.97. The Morgan fingerprint density at radius 3 is 2.28 bits per heavy atom. The maximum atomic E-state index is 11.4. The number of carboxylic acid groups (broad SMARTS) is 1. The van der Waals surface area contributed by atoms with Gasteiger partial charge in [0.25, 0.3) is 0 Å². The van der Waals surface area contributed by atoms with E-state index in [-0.39, 0.29) is 0 Å². The average molecular weight is 250 g/mol. The van der Waals surface area contributed by atoms with Crippen LogP contribution in [0.3, 0.4) is 0 Å². The van der Waals surface area contributed by atoms with Gasteiger partial charge in [-0.2, -0.15) is 0 Å². The Morgan fingerprint density at radius 2 is 1.72 bits per heavy atom. The number of aromatic carboxylic acids is 1. The van der Waals surface area contributed by atoms with Gasteiger partial charge >= 0.3 is 5.97 Å². The normalized spacial score (nSPS) is 21.2. The molecular formula is C14H18O4. The summed E-state index contributed by atoms with van der Waals surface area (Å²) < 4.78 is 11.3. The number of carboxylic acids is 1. The van der Waals surface area contributed by atoms with E-state index in [1.807, 2.05) is 6.92 Å². The first kappa shape index (κ1) is 11.8. The summed E-state index contributed by atoms with van der Waals surface area (Å²) in [7, 11) is 0. The van der Waals surface area contributed by atoms with Crippen molar-refractivity contribution < 1.29 is 19.1 Å². The van der Waals surface area contributed by atoms with Crippen LogP contribution in [0.15, 0.2) is 4.42 Å². The Morgan fingerprint density at radius 1 is 1.11 bits per heavy atom. The largest absolute Gasteiger partial charge is 0.478 e. The van der Waals surface area contributed by atoms with Crippen molar-refractivity contribution in [3.63, 3.8) is 0 Å². The highest BCUT2D eigenvalue weighted by atomic mass is 16.5. The van der Waals surface area contributed by atoms with Crippen LogP contribution in [0.5, 0.6) is 0 Å². The van der Waals surface area contributed by atoms with Crippen molar-refractivity contribution in [2.45, 2.75) is 44.4 Å². The molecule has 4 heteroatoms. The first-order valence-electron chi connectivity index (χ1n) is 6.62. The molecule has 0 radical (unpaired) electrons. The van der Waals surface area contributed by atoms with E-state index in [1.165, 1.54) is 0 Å². The molecule has 1 aliphatic carbocycles. The summed E-state index contributed by atoms with van der Waals surface area (Å²) in [6, 6.07) is 0. The predicted molar refractivity (Wildman–Crippen MR) is 65.2 cm³/mol. The van der Waals surface area contributed by atoms with Gasteiger partial charge in [0.15, 0.2) is 0 Å². The monoisotopic (exact) mass is 250 g/mol. The molecule has 1 aliphatic heterocycles. The summed E-state index contributed by atoms with van der Waals surface area (Å²) in [5.41, 5.74) is 1.25. The number of rotatable bonds is 3. The number of carbonyl (C=O) groups is 1. The van der Waals surface area contributed by atoms with Gasteiger partial charge in [-0.1, -0.05) is 0 Å². The van der Waals surface area contributed by atoms with Gasteiger partial charge in [0, 0.05) is 30.6 Å². The van der Waals surface area contributed by atoms with Gasteiger partial charge in [0.2, 0.25) is 0 Å². The Bertz CT molecular complexity index is 464. The summed E-state index contributed by atoms with van der Waals surface area (Å²) in [4.78, 5) is 11.4. The molecule has 0 atom stereocenters. The van der Waals surface area contributed by atoms with Crippen LogP contribution in [-0.2, 0) is 4.74 Å². The highest BCUT2D eigenvalue weighted by Crippen LogP contribution is 2.46. The summed E-state index contributed by atoms with van der Waals surface area (Å²) in [5, 5.41) is 9.35. The van der Waals surface area contributed by atoms with E-state index in [0.717, 1.165) is 50.2 Å². The van der Waals surface area contributed by atoms with Crippen LogP contribution in [-0.4, -0.2) is 24.3 Å². The van der Waals surface area contributed by atoms with Crippen molar-refractivity contribution in [2.75, 3.05) is 13.2 Å². The second kappa shape index (κ2) is 4.43. The van der Waals surface area contributed by atoms with Crippen LogP contribution in [0, 0.1) is 6.92 Å². The fraction of sp³-hybridized carbons (Fsp3) is 0.643. The van der Waals surface area contributed by atoms with E-state index in [2.05, 4.69) is 0 Å². The third-order valence-electron chi connectivity index (χ3n) is 3.97. The lowest BCUT2D eigenvalue weighted by molar-refractivity contribution is 0.0693. The first-order valence-corrected chi connectivity index (χ1v) is 6.62. The van der Waals surface area contributed by atoms with E-state index < -0.39 is 5.97 Å². The van der Waals surface area contributed by atoms with Gasteiger partial charge in [-0.15, -0.1) is 0 Å². The molecule has 0 aromatic carbocycles. The Labute approximate surface area is 106 Å². The molecule has 1 aromatic rings. The minimum atomic E-state index is -0.851. The van der Waals surface area contributed by atoms with Crippen molar-refractivity contribution in [2.24, 2.45) is 0 Å². The number of hydrogen-bond donors (Lipinski definition) is 1. The zero-order valence-corrected chi connectivity index (χ0v) is 10.6. The van der Waals surface area contributed by atoms with Gasteiger partial charge in [0.05, 0.1) is 0 Å². The molecule has 2 aliphatic rings. The quantitative estimate of drug-likeness (QED) is 0.895. The SMILES string of the molecule is Cc1c(C2CCOCC2)oc(C2CC2)c1C(=O)O.